The number of halogens is 1. The van der Waals surface area contributed by atoms with Crippen molar-refractivity contribution in [1.82, 2.24) is 10.2 Å². The number of carbonyl (C=O) groups excluding carboxylic acids is 1. The first-order valence-electron chi connectivity index (χ1n) is 9.63. The molecule has 2 aliphatic carbocycles. The molecule has 4 rings (SSSR count). The van der Waals surface area contributed by atoms with Gasteiger partial charge in [-0.1, -0.05) is 42.8 Å². The number of hydrogen-bond donors (Lipinski definition) is 2. The summed E-state index contributed by atoms with van der Waals surface area (Å²) in [5, 5.41) is 3.66. The highest BCUT2D eigenvalue weighted by Crippen LogP contribution is 2.34. The van der Waals surface area contributed by atoms with Crippen molar-refractivity contribution in [2.24, 2.45) is 5.92 Å². The summed E-state index contributed by atoms with van der Waals surface area (Å²) >= 11 is 6.02. The number of nitrogens with zero attached hydrogens (tertiary/aromatic N) is 1. The van der Waals surface area contributed by atoms with Gasteiger partial charge in [0.15, 0.2) is 0 Å². The number of nitrogens with two attached hydrogens (primary N) is 1. The predicted molar refractivity (Wildman–Crippen MR) is 115 cm³/mol. The zero-order valence-electron chi connectivity index (χ0n) is 16.7. The van der Waals surface area contributed by atoms with E-state index < -0.39 is 0 Å². The first-order valence-corrected chi connectivity index (χ1v) is 10.0. The molecule has 1 aliphatic heterocycles. The lowest BCUT2D eigenvalue weighted by Gasteiger charge is -2.32. The largest absolute Gasteiger partial charge is 0.496 e. The Morgan fingerprint density at radius 3 is 2.29 bits per heavy atom. The van der Waals surface area contributed by atoms with E-state index in [9.17, 15) is 4.79 Å². The predicted octanol–water partition coefficient (Wildman–Crippen LogP) is 3.81. The maximum absolute atomic E-state index is 12.6. The lowest BCUT2D eigenvalue weighted by atomic mass is 10.0. The summed E-state index contributed by atoms with van der Waals surface area (Å²) < 4.78 is 5.24. The third kappa shape index (κ3) is 4.26. The molecule has 0 spiro atoms. The normalized spacial score (nSPS) is 18.3. The molecule has 1 amide bonds. The number of anilines is 1. The second-order valence-electron chi connectivity index (χ2n) is 7.36. The Hall–Kier alpha value is -2.24. The Kier molecular flexibility index (Phi) is 6.47. The second kappa shape index (κ2) is 8.84. The molecule has 1 saturated heterocycles. The van der Waals surface area contributed by atoms with E-state index in [0.717, 1.165) is 25.9 Å². The lowest BCUT2D eigenvalue weighted by molar-refractivity contribution is 0.0700. The van der Waals surface area contributed by atoms with Gasteiger partial charge in [0.25, 0.3) is 5.91 Å². The molecule has 0 radical (unpaired) electrons. The van der Waals surface area contributed by atoms with E-state index >= 15 is 0 Å². The smallest absolute Gasteiger partial charge is 0.257 e. The molecule has 3 aliphatic rings. The quantitative estimate of drug-likeness (QED) is 0.755. The summed E-state index contributed by atoms with van der Waals surface area (Å²) in [6.07, 6.45) is 10.7. The van der Waals surface area contributed by atoms with Gasteiger partial charge in [-0.05, 0) is 43.1 Å². The van der Waals surface area contributed by atoms with Crippen molar-refractivity contribution >= 4 is 23.2 Å². The van der Waals surface area contributed by atoms with E-state index in [2.05, 4.69) is 36.5 Å². The molecule has 2 bridgehead atoms. The minimum atomic E-state index is -0.0874. The Bertz CT molecular complexity index is 816. The van der Waals surface area contributed by atoms with Crippen LogP contribution in [0.3, 0.4) is 0 Å². The van der Waals surface area contributed by atoms with Crippen LogP contribution >= 0.6 is 11.6 Å². The van der Waals surface area contributed by atoms with Gasteiger partial charge in [0.2, 0.25) is 0 Å². The van der Waals surface area contributed by atoms with Crippen LogP contribution in [0.1, 0.15) is 30.1 Å². The fourth-order valence-corrected chi connectivity index (χ4v) is 3.88. The average molecular weight is 402 g/mol. The molecular weight excluding hydrogens is 374 g/mol. The van der Waals surface area contributed by atoms with Crippen molar-refractivity contribution in [3.8, 4) is 5.75 Å². The van der Waals surface area contributed by atoms with Crippen LogP contribution in [0.4, 0.5) is 5.69 Å². The van der Waals surface area contributed by atoms with E-state index in [1.807, 2.05) is 7.05 Å². The van der Waals surface area contributed by atoms with Gasteiger partial charge in [-0.3, -0.25) is 4.79 Å². The molecular formula is C22H28ClN3O2. The molecule has 1 aromatic carbocycles. The van der Waals surface area contributed by atoms with Crippen molar-refractivity contribution < 1.29 is 9.53 Å². The van der Waals surface area contributed by atoms with Gasteiger partial charge < -0.3 is 20.7 Å². The molecule has 5 nitrogen and oxygen atoms in total. The molecule has 0 atom stereocenters. The van der Waals surface area contributed by atoms with Gasteiger partial charge in [0.05, 0.1) is 23.4 Å². The minimum Gasteiger partial charge on any atom is -0.496 e. The maximum atomic E-state index is 12.6. The van der Waals surface area contributed by atoms with E-state index in [-0.39, 0.29) is 11.9 Å². The highest BCUT2D eigenvalue weighted by atomic mass is 35.5. The Labute approximate surface area is 171 Å². The lowest BCUT2D eigenvalue weighted by Crippen LogP contribution is -2.44. The fraction of sp³-hybridized carbons (Fsp3) is 0.409. The summed E-state index contributed by atoms with van der Waals surface area (Å²) in [6, 6.07) is 3.41. The van der Waals surface area contributed by atoms with Crippen LogP contribution in [-0.4, -0.2) is 44.1 Å². The second-order valence-corrected chi connectivity index (χ2v) is 7.77. The Morgan fingerprint density at radius 1 is 1.21 bits per heavy atom. The number of nitrogens with one attached hydrogen (secondary N) is 1. The van der Waals surface area contributed by atoms with Gasteiger partial charge in [0, 0.05) is 25.1 Å². The number of methoxy groups -OCH3 is 1. The van der Waals surface area contributed by atoms with Crippen LogP contribution in [0, 0.1) is 5.92 Å². The third-order valence-electron chi connectivity index (χ3n) is 5.66. The first-order chi connectivity index (χ1) is 13.4. The third-order valence-corrected chi connectivity index (χ3v) is 5.99. The molecule has 0 aromatic heterocycles. The van der Waals surface area contributed by atoms with Gasteiger partial charge in [-0.25, -0.2) is 0 Å². The molecule has 6 heteroatoms. The summed E-state index contributed by atoms with van der Waals surface area (Å²) in [4.78, 5) is 14.4. The van der Waals surface area contributed by atoms with Gasteiger partial charge in [-0.2, -0.15) is 0 Å². The van der Waals surface area contributed by atoms with Gasteiger partial charge >= 0.3 is 0 Å². The molecule has 0 saturated carbocycles. The van der Waals surface area contributed by atoms with E-state index in [4.69, 9.17) is 22.1 Å². The monoisotopic (exact) mass is 401 g/mol. The zero-order valence-corrected chi connectivity index (χ0v) is 17.4. The average Bonchev–Trinajstić information content (AvgIpc) is 3.26. The first kappa shape index (κ1) is 20.5. The fourth-order valence-electron chi connectivity index (χ4n) is 3.72. The van der Waals surface area contributed by atoms with Crippen LogP contribution in [0.2, 0.25) is 5.02 Å². The van der Waals surface area contributed by atoms with Crippen molar-refractivity contribution in [3.63, 3.8) is 0 Å². The summed E-state index contributed by atoms with van der Waals surface area (Å²) in [7, 11) is 3.34. The molecule has 3 N–H and O–H groups in total. The summed E-state index contributed by atoms with van der Waals surface area (Å²) in [5.74, 6) is 1.07. The number of fused-ring (bicyclic) bond motifs is 2. The SMILES string of the molecule is CC1C2=CC=C1C=C2.COc1cc(N)c(Cl)cc1C(=O)N(C)C1CCNCC1. The standard InChI is InChI=1S/C14H20ClN3O2.C8H8/c1-18(9-3-5-17-6-4-9)14(19)10-7-11(15)12(16)8-13(10)20-2;1-6-7-2-3-8(6)5-4-7/h7-9,17H,3-6,16H2,1-2H3;2-6H,1H3. The van der Waals surface area contributed by atoms with Gasteiger partial charge in [0.1, 0.15) is 5.75 Å². The highest BCUT2D eigenvalue weighted by Gasteiger charge is 2.25. The molecule has 1 fully saturated rings. The van der Waals surface area contributed by atoms with Crippen molar-refractivity contribution in [3.05, 3.63) is 58.2 Å². The number of hydrogen-bond acceptors (Lipinski definition) is 4. The van der Waals surface area contributed by atoms with E-state index in [1.165, 1.54) is 18.3 Å². The highest BCUT2D eigenvalue weighted by molar-refractivity contribution is 6.33. The number of allylic oxidation sites excluding steroid dienone is 6. The number of amides is 1. The number of carbonyl (C=O) groups is 1. The van der Waals surface area contributed by atoms with Crippen LogP contribution in [0.25, 0.3) is 0 Å². The van der Waals surface area contributed by atoms with Crippen LogP contribution in [0.15, 0.2) is 47.6 Å². The number of ether oxygens (including phenoxy) is 1. The van der Waals surface area contributed by atoms with E-state index in [1.54, 1.807) is 17.0 Å². The van der Waals surface area contributed by atoms with Gasteiger partial charge in [-0.15, -0.1) is 0 Å². The summed E-state index contributed by atoms with van der Waals surface area (Å²) in [5.41, 5.74) is 9.54. The zero-order chi connectivity index (χ0) is 20.3. The van der Waals surface area contributed by atoms with Crippen molar-refractivity contribution in [2.75, 3.05) is 33.0 Å². The topological polar surface area (TPSA) is 67.6 Å². The van der Waals surface area contributed by atoms with Crippen LogP contribution in [-0.2, 0) is 0 Å². The molecule has 150 valence electrons. The maximum Gasteiger partial charge on any atom is 0.257 e. The van der Waals surface area contributed by atoms with Crippen LogP contribution < -0.4 is 15.8 Å². The Balaban J connectivity index is 0.000000231. The minimum absolute atomic E-state index is 0.0874. The Morgan fingerprint density at radius 2 is 1.82 bits per heavy atom. The number of rotatable bonds is 3. The van der Waals surface area contributed by atoms with Crippen molar-refractivity contribution in [2.45, 2.75) is 25.8 Å². The molecule has 1 aromatic rings. The number of benzene rings is 1. The molecule has 28 heavy (non-hydrogen) atoms. The summed E-state index contributed by atoms with van der Waals surface area (Å²) in [6.45, 7) is 4.11. The van der Waals surface area contributed by atoms with Crippen LogP contribution in [0.5, 0.6) is 5.75 Å². The van der Waals surface area contributed by atoms with E-state index in [0.29, 0.717) is 27.9 Å². The molecule has 1 heterocycles. The molecule has 0 unspecified atom stereocenters. The number of piperidine rings is 1. The number of nitrogen functional groups attached to an aromatic ring is 1. The van der Waals surface area contributed by atoms with Crippen molar-refractivity contribution in [1.29, 1.82) is 0 Å².